The van der Waals surface area contributed by atoms with E-state index in [2.05, 4.69) is 15.0 Å². The number of esters is 1. The van der Waals surface area contributed by atoms with E-state index in [0.29, 0.717) is 21.4 Å². The maximum atomic E-state index is 15.9. The van der Waals surface area contributed by atoms with Gasteiger partial charge in [-0.1, -0.05) is 32.9 Å². The van der Waals surface area contributed by atoms with Gasteiger partial charge in [-0.05, 0) is 37.3 Å². The van der Waals surface area contributed by atoms with Crippen molar-refractivity contribution < 1.29 is 31.1 Å². The van der Waals surface area contributed by atoms with Crippen molar-refractivity contribution in [2.75, 3.05) is 11.3 Å². The molecule has 2 heterocycles. The lowest BCUT2D eigenvalue weighted by molar-refractivity contribution is -0.143. The first-order valence-electron chi connectivity index (χ1n) is 12.6. The number of rotatable bonds is 9. The lowest BCUT2D eigenvalue weighted by Gasteiger charge is -2.14. The predicted octanol–water partition coefficient (Wildman–Crippen LogP) is 6.28. The van der Waals surface area contributed by atoms with Crippen molar-refractivity contribution in [3.63, 3.8) is 0 Å². The largest absolute Gasteiger partial charge is 0.466 e. The summed E-state index contributed by atoms with van der Waals surface area (Å²) in [6, 6.07) is 8.21. The van der Waals surface area contributed by atoms with E-state index in [9.17, 15) is 22.0 Å². The Balaban J connectivity index is 1.78. The number of carbonyl (C=O) groups is 1. The number of thiazole rings is 1. The average molecular weight is 605 g/mol. The van der Waals surface area contributed by atoms with Crippen LogP contribution in [0, 0.1) is 17.5 Å². The molecule has 0 aliphatic carbocycles. The summed E-state index contributed by atoms with van der Waals surface area (Å²) in [5.41, 5.74) is -0.353. The molecule has 41 heavy (non-hydrogen) atoms. The molecule has 0 atom stereocenters. The minimum Gasteiger partial charge on any atom is -0.466 e. The maximum Gasteiger partial charge on any atom is 0.306 e. The zero-order valence-corrected chi connectivity index (χ0v) is 24.3. The van der Waals surface area contributed by atoms with Crippen LogP contribution in [0.25, 0.3) is 21.8 Å². The Morgan fingerprint density at radius 1 is 1.02 bits per heavy atom. The van der Waals surface area contributed by atoms with Crippen LogP contribution in [0.15, 0.2) is 53.6 Å². The van der Waals surface area contributed by atoms with Gasteiger partial charge in [0.25, 0.3) is 10.0 Å². The lowest BCUT2D eigenvalue weighted by atomic mass is 9.98. The van der Waals surface area contributed by atoms with Gasteiger partial charge in [0.05, 0.1) is 40.0 Å². The fraction of sp³-hybridized carbons (Fsp3) is 0.286. The first-order valence-corrected chi connectivity index (χ1v) is 14.9. The molecular formula is C28H27F3N4O4S2. The lowest BCUT2D eigenvalue weighted by Crippen LogP contribution is -2.17. The van der Waals surface area contributed by atoms with Gasteiger partial charge >= 0.3 is 5.97 Å². The SMILES string of the molecule is CCOC(=O)CCc1nccc(-c2sc(C(C)(C)C)nc2-c2cccc(NS(=O)(=O)c3c(F)cccc3F)c2F)n1. The minimum atomic E-state index is -4.82. The molecule has 13 heteroatoms. The summed E-state index contributed by atoms with van der Waals surface area (Å²) in [5.74, 6) is -3.62. The second-order valence-electron chi connectivity index (χ2n) is 9.93. The van der Waals surface area contributed by atoms with Crippen LogP contribution >= 0.6 is 11.3 Å². The Hall–Kier alpha value is -3.84. The number of hydrogen-bond acceptors (Lipinski definition) is 8. The van der Waals surface area contributed by atoms with E-state index in [1.807, 2.05) is 25.5 Å². The Bertz CT molecular complexity index is 1680. The number of nitrogens with zero attached hydrogens (tertiary/aromatic N) is 3. The molecule has 1 N–H and O–H groups in total. The average Bonchev–Trinajstić information content (AvgIpc) is 3.35. The normalized spacial score (nSPS) is 11.9. The van der Waals surface area contributed by atoms with Gasteiger partial charge in [-0.25, -0.2) is 36.5 Å². The van der Waals surface area contributed by atoms with Crippen LogP contribution in [0.2, 0.25) is 0 Å². The summed E-state index contributed by atoms with van der Waals surface area (Å²) in [6.45, 7) is 7.79. The van der Waals surface area contributed by atoms with Crippen molar-refractivity contribution in [1.82, 2.24) is 15.0 Å². The fourth-order valence-electron chi connectivity index (χ4n) is 3.82. The first kappa shape index (κ1) is 30.1. The number of aryl methyl sites for hydroxylation is 1. The highest BCUT2D eigenvalue weighted by Gasteiger charge is 2.28. The Morgan fingerprint density at radius 2 is 1.71 bits per heavy atom. The number of carbonyl (C=O) groups excluding carboxylic acids is 1. The third kappa shape index (κ3) is 6.73. The third-order valence-electron chi connectivity index (χ3n) is 5.75. The molecular weight excluding hydrogens is 577 g/mol. The number of anilines is 1. The van der Waals surface area contributed by atoms with Crippen molar-refractivity contribution in [2.24, 2.45) is 0 Å². The second-order valence-corrected chi connectivity index (χ2v) is 12.6. The Kier molecular flexibility index (Phi) is 8.78. The highest BCUT2D eigenvalue weighted by Crippen LogP contribution is 2.42. The van der Waals surface area contributed by atoms with E-state index in [0.717, 1.165) is 24.3 Å². The molecule has 4 aromatic rings. The third-order valence-corrected chi connectivity index (χ3v) is 8.67. The van der Waals surface area contributed by atoms with Crippen molar-refractivity contribution in [1.29, 1.82) is 0 Å². The molecule has 8 nitrogen and oxygen atoms in total. The molecule has 0 aliphatic heterocycles. The van der Waals surface area contributed by atoms with Crippen LogP contribution in [-0.2, 0) is 31.4 Å². The summed E-state index contributed by atoms with van der Waals surface area (Å²) in [6.07, 6.45) is 1.83. The van der Waals surface area contributed by atoms with E-state index in [1.165, 1.54) is 29.7 Å². The van der Waals surface area contributed by atoms with E-state index in [-0.39, 0.29) is 36.7 Å². The minimum absolute atomic E-state index is 0.0485. The van der Waals surface area contributed by atoms with Crippen molar-refractivity contribution in [3.8, 4) is 21.8 Å². The number of hydrogen-bond donors (Lipinski definition) is 1. The van der Waals surface area contributed by atoms with E-state index in [4.69, 9.17) is 4.74 Å². The number of halogens is 3. The second kappa shape index (κ2) is 12.0. The number of sulfonamides is 1. The van der Waals surface area contributed by atoms with Crippen molar-refractivity contribution >= 4 is 33.0 Å². The molecule has 0 radical (unpaired) electrons. The summed E-state index contributed by atoms with van der Waals surface area (Å²) in [7, 11) is -4.82. The van der Waals surface area contributed by atoms with Crippen LogP contribution < -0.4 is 4.72 Å². The maximum absolute atomic E-state index is 15.9. The van der Waals surface area contributed by atoms with E-state index >= 15 is 4.39 Å². The highest BCUT2D eigenvalue weighted by atomic mass is 32.2. The molecule has 0 saturated heterocycles. The van der Waals surface area contributed by atoms with Gasteiger partial charge in [-0.2, -0.15) is 0 Å². The Morgan fingerprint density at radius 3 is 2.37 bits per heavy atom. The molecule has 0 fully saturated rings. The van der Waals surface area contributed by atoms with Crippen LogP contribution in [0.4, 0.5) is 18.9 Å². The molecule has 2 aromatic carbocycles. The first-order chi connectivity index (χ1) is 19.3. The van der Waals surface area contributed by atoms with Gasteiger partial charge in [-0.3, -0.25) is 9.52 Å². The molecule has 4 rings (SSSR count). The molecule has 0 unspecified atom stereocenters. The molecule has 0 aliphatic rings. The standard InChI is InChI=1S/C28H27F3N4O4S2/c1-5-39-22(36)13-12-21-32-15-14-20(33-21)25-24(34-27(40-25)28(2,3)4)16-8-6-11-19(23(16)31)35-41(37,38)26-17(29)9-7-10-18(26)30/h6-11,14-15,35H,5,12-13H2,1-4H3. The van der Waals surface area contributed by atoms with Gasteiger partial charge in [0.1, 0.15) is 17.5 Å². The molecule has 2 aromatic heterocycles. The van der Waals surface area contributed by atoms with E-state index in [1.54, 1.807) is 13.0 Å². The summed E-state index contributed by atoms with van der Waals surface area (Å²) >= 11 is 1.29. The van der Waals surface area contributed by atoms with E-state index < -0.39 is 43.5 Å². The summed E-state index contributed by atoms with van der Waals surface area (Å²) < 4.78 is 77.0. The topological polar surface area (TPSA) is 111 Å². The fourth-order valence-corrected chi connectivity index (χ4v) is 6.12. The summed E-state index contributed by atoms with van der Waals surface area (Å²) in [4.78, 5) is 24.6. The molecule has 0 amide bonds. The zero-order valence-electron chi connectivity index (χ0n) is 22.7. The zero-order chi connectivity index (χ0) is 29.9. The van der Waals surface area contributed by atoms with Crippen LogP contribution in [-0.4, -0.2) is 35.9 Å². The van der Waals surface area contributed by atoms with Crippen LogP contribution in [0.1, 0.15) is 44.9 Å². The molecule has 0 spiro atoms. The number of aromatic nitrogens is 3. The number of ether oxygens (including phenoxy) is 1. The Labute approximate surface area is 239 Å². The molecule has 0 saturated carbocycles. The monoisotopic (exact) mass is 604 g/mol. The number of benzene rings is 2. The highest BCUT2D eigenvalue weighted by molar-refractivity contribution is 7.92. The van der Waals surface area contributed by atoms with Crippen LogP contribution in [0.3, 0.4) is 0 Å². The molecule has 216 valence electrons. The van der Waals surface area contributed by atoms with Gasteiger partial charge in [-0.15, -0.1) is 11.3 Å². The predicted molar refractivity (Wildman–Crippen MR) is 149 cm³/mol. The van der Waals surface area contributed by atoms with Crippen molar-refractivity contribution in [3.05, 3.63) is 76.9 Å². The van der Waals surface area contributed by atoms with Gasteiger partial charge in [0.15, 0.2) is 10.7 Å². The van der Waals surface area contributed by atoms with Gasteiger partial charge < -0.3 is 4.74 Å². The van der Waals surface area contributed by atoms with Crippen LogP contribution in [0.5, 0.6) is 0 Å². The number of nitrogens with one attached hydrogen (secondary N) is 1. The van der Waals surface area contributed by atoms with Crippen molar-refractivity contribution in [2.45, 2.75) is 50.8 Å². The van der Waals surface area contributed by atoms with Gasteiger partial charge in [0, 0.05) is 23.6 Å². The quantitative estimate of drug-likeness (QED) is 0.224. The summed E-state index contributed by atoms with van der Waals surface area (Å²) in [5, 5.41) is 0.660. The smallest absolute Gasteiger partial charge is 0.306 e. The van der Waals surface area contributed by atoms with Gasteiger partial charge in [0.2, 0.25) is 0 Å². The molecule has 0 bridgehead atoms.